The number of carbonyl (C=O) groups excluding carboxylic acids is 1. The summed E-state index contributed by atoms with van der Waals surface area (Å²) >= 11 is 1.38. The van der Waals surface area contributed by atoms with Crippen LogP contribution in [0, 0.1) is 0 Å². The minimum atomic E-state index is -0.495. The third-order valence-electron chi connectivity index (χ3n) is 4.14. The van der Waals surface area contributed by atoms with Crippen molar-refractivity contribution in [3.8, 4) is 5.00 Å². The van der Waals surface area contributed by atoms with Crippen LogP contribution in [0.25, 0.3) is 16.1 Å². The summed E-state index contributed by atoms with van der Waals surface area (Å²) in [5, 5.41) is 12.9. The van der Waals surface area contributed by atoms with Gasteiger partial charge in [-0.1, -0.05) is 12.1 Å². The number of para-hydroxylation sites is 2. The lowest BCUT2D eigenvalue weighted by molar-refractivity contribution is -0.121. The van der Waals surface area contributed by atoms with E-state index in [1.807, 2.05) is 11.4 Å². The zero-order valence-electron chi connectivity index (χ0n) is 14.6. The van der Waals surface area contributed by atoms with Crippen molar-refractivity contribution in [1.29, 1.82) is 0 Å². The normalized spacial score (nSPS) is 11.1. The molecule has 0 spiro atoms. The van der Waals surface area contributed by atoms with Gasteiger partial charge in [0.25, 0.3) is 0 Å². The van der Waals surface area contributed by atoms with E-state index in [1.165, 1.54) is 25.3 Å². The molecule has 0 saturated heterocycles. The van der Waals surface area contributed by atoms with Gasteiger partial charge in [0.1, 0.15) is 5.00 Å². The molecule has 1 aromatic carbocycles. The van der Waals surface area contributed by atoms with Gasteiger partial charge in [-0.2, -0.15) is 9.36 Å². The van der Waals surface area contributed by atoms with E-state index in [0.717, 1.165) is 0 Å². The fraction of sp³-hybridized carbons (Fsp3) is 0.235. The van der Waals surface area contributed by atoms with E-state index in [2.05, 4.69) is 15.7 Å². The Bertz CT molecular complexity index is 1220. The lowest BCUT2D eigenvalue weighted by atomic mass is 10.3. The van der Waals surface area contributed by atoms with E-state index in [0.29, 0.717) is 16.1 Å². The summed E-state index contributed by atoms with van der Waals surface area (Å²) in [6.45, 7) is 0.629. The first-order valence-corrected chi connectivity index (χ1v) is 9.43. The molecule has 11 heteroatoms. The summed E-state index contributed by atoms with van der Waals surface area (Å²) < 4.78 is 8.96. The molecule has 0 aliphatic heterocycles. The maximum absolute atomic E-state index is 12.2. The van der Waals surface area contributed by atoms with Crippen molar-refractivity contribution >= 4 is 28.3 Å². The third kappa shape index (κ3) is 3.51. The van der Waals surface area contributed by atoms with Crippen LogP contribution in [-0.4, -0.2) is 36.8 Å². The molecule has 3 aromatic heterocycles. The zero-order chi connectivity index (χ0) is 19.5. The first-order chi connectivity index (χ1) is 13.6. The van der Waals surface area contributed by atoms with Crippen molar-refractivity contribution in [2.24, 2.45) is 0 Å². The van der Waals surface area contributed by atoms with Gasteiger partial charge in [-0.25, -0.2) is 9.59 Å². The van der Waals surface area contributed by atoms with E-state index in [9.17, 15) is 14.4 Å². The lowest BCUT2D eigenvalue weighted by Crippen LogP contribution is -2.32. The highest BCUT2D eigenvalue weighted by Gasteiger charge is 2.12. The molecule has 0 bridgehead atoms. The van der Waals surface area contributed by atoms with Crippen LogP contribution in [0.2, 0.25) is 0 Å². The lowest BCUT2D eigenvalue weighted by Gasteiger charge is -2.05. The van der Waals surface area contributed by atoms with Crippen LogP contribution in [0.15, 0.2) is 55.8 Å². The maximum atomic E-state index is 12.2. The van der Waals surface area contributed by atoms with Crippen LogP contribution in [0.1, 0.15) is 6.42 Å². The molecular formula is C17H16N6O4S. The zero-order valence-corrected chi connectivity index (χ0v) is 15.5. The van der Waals surface area contributed by atoms with Gasteiger partial charge in [0.15, 0.2) is 5.58 Å². The molecule has 0 aliphatic carbocycles. The fourth-order valence-electron chi connectivity index (χ4n) is 2.77. The van der Waals surface area contributed by atoms with Crippen molar-refractivity contribution in [2.45, 2.75) is 19.5 Å². The van der Waals surface area contributed by atoms with E-state index in [1.54, 1.807) is 30.3 Å². The molecule has 0 fully saturated rings. The molecule has 10 nitrogen and oxygen atoms in total. The van der Waals surface area contributed by atoms with Crippen LogP contribution >= 0.6 is 11.3 Å². The number of fused-ring (bicyclic) bond motifs is 1. The topological polar surface area (TPSA) is 117 Å². The number of oxazole rings is 1. The van der Waals surface area contributed by atoms with Crippen molar-refractivity contribution in [1.82, 2.24) is 29.7 Å². The summed E-state index contributed by atoms with van der Waals surface area (Å²) in [4.78, 5) is 36.2. The SMILES string of the molecule is O=C(CCn1c(=O)oc2ccccc21)NCCn1nnn(-c2cccs2)c1=O. The highest BCUT2D eigenvalue weighted by atomic mass is 32.1. The van der Waals surface area contributed by atoms with Gasteiger partial charge in [0, 0.05) is 19.5 Å². The number of hydrogen-bond acceptors (Lipinski definition) is 7. The number of aryl methyl sites for hydroxylation is 1. The van der Waals surface area contributed by atoms with Crippen LogP contribution in [-0.2, 0) is 17.9 Å². The molecule has 1 N–H and O–H groups in total. The second-order valence-corrected chi connectivity index (χ2v) is 6.86. The summed E-state index contributed by atoms with van der Waals surface area (Å²) in [6, 6.07) is 10.6. The Morgan fingerprint density at radius 2 is 1.96 bits per heavy atom. The van der Waals surface area contributed by atoms with Gasteiger partial charge in [0.05, 0.1) is 12.1 Å². The molecule has 0 unspecified atom stereocenters. The third-order valence-corrected chi connectivity index (χ3v) is 4.98. The second-order valence-electron chi connectivity index (χ2n) is 5.93. The summed E-state index contributed by atoms with van der Waals surface area (Å²) in [7, 11) is 0. The highest BCUT2D eigenvalue weighted by molar-refractivity contribution is 7.12. The summed E-state index contributed by atoms with van der Waals surface area (Å²) in [5.74, 6) is -0.735. The number of tetrazole rings is 1. The van der Waals surface area contributed by atoms with Crippen molar-refractivity contribution in [3.05, 3.63) is 62.8 Å². The molecule has 3 heterocycles. The molecule has 0 atom stereocenters. The number of carbonyl (C=O) groups is 1. The van der Waals surface area contributed by atoms with Gasteiger partial charge < -0.3 is 9.73 Å². The van der Waals surface area contributed by atoms with Crippen molar-refractivity contribution < 1.29 is 9.21 Å². The number of benzene rings is 1. The predicted octanol–water partition coefficient (Wildman–Crippen LogP) is 0.605. The molecule has 0 radical (unpaired) electrons. The average molecular weight is 400 g/mol. The molecule has 1 amide bonds. The molecule has 4 aromatic rings. The van der Waals surface area contributed by atoms with E-state index in [-0.39, 0.29) is 37.7 Å². The highest BCUT2D eigenvalue weighted by Crippen LogP contribution is 2.12. The number of nitrogens with one attached hydrogen (secondary N) is 1. The minimum absolute atomic E-state index is 0.111. The van der Waals surface area contributed by atoms with E-state index < -0.39 is 5.76 Å². The summed E-state index contributed by atoms with van der Waals surface area (Å²) in [6.07, 6.45) is 0.111. The number of hydrogen-bond donors (Lipinski definition) is 1. The van der Waals surface area contributed by atoms with Gasteiger partial charge in [-0.15, -0.1) is 11.3 Å². The first kappa shape index (κ1) is 17.9. The molecular weight excluding hydrogens is 384 g/mol. The molecule has 144 valence electrons. The number of thiophene rings is 1. The molecule has 4 rings (SSSR count). The fourth-order valence-corrected chi connectivity index (χ4v) is 3.44. The Hall–Kier alpha value is -3.47. The van der Waals surface area contributed by atoms with Crippen molar-refractivity contribution in [2.75, 3.05) is 6.54 Å². The smallest absolute Gasteiger partial charge is 0.408 e. The van der Waals surface area contributed by atoms with E-state index in [4.69, 9.17) is 4.42 Å². The van der Waals surface area contributed by atoms with E-state index >= 15 is 0 Å². The Morgan fingerprint density at radius 3 is 2.79 bits per heavy atom. The quantitative estimate of drug-likeness (QED) is 0.486. The Labute approximate surface area is 161 Å². The number of rotatable bonds is 7. The van der Waals surface area contributed by atoms with Crippen LogP contribution < -0.4 is 16.8 Å². The average Bonchev–Trinajstić information content (AvgIpc) is 3.40. The first-order valence-electron chi connectivity index (χ1n) is 8.55. The number of amides is 1. The molecule has 0 saturated carbocycles. The Kier molecular flexibility index (Phi) is 4.89. The van der Waals surface area contributed by atoms with Gasteiger partial charge in [-0.05, 0) is 40.1 Å². The monoisotopic (exact) mass is 400 g/mol. The van der Waals surface area contributed by atoms with Crippen LogP contribution in [0.4, 0.5) is 0 Å². The predicted molar refractivity (Wildman–Crippen MR) is 102 cm³/mol. The largest absolute Gasteiger partial charge is 0.419 e. The van der Waals surface area contributed by atoms with Crippen molar-refractivity contribution in [3.63, 3.8) is 0 Å². The Balaban J connectivity index is 1.31. The van der Waals surface area contributed by atoms with Gasteiger partial charge in [-0.3, -0.25) is 9.36 Å². The molecule has 0 aliphatic rings. The van der Waals surface area contributed by atoms with Gasteiger partial charge in [0.2, 0.25) is 5.91 Å². The van der Waals surface area contributed by atoms with Crippen LogP contribution in [0.5, 0.6) is 0 Å². The number of nitrogens with zero attached hydrogens (tertiary/aromatic N) is 5. The standard InChI is InChI=1S/C17H16N6O4S/c24-14(7-9-21-12-4-1-2-5-13(12)27-17(21)26)18-8-10-22-16(25)23(20-19-22)15-6-3-11-28-15/h1-6,11H,7-10H2,(H,18,24). The summed E-state index contributed by atoms with van der Waals surface area (Å²) in [5.41, 5.74) is 0.770. The second kappa shape index (κ2) is 7.64. The minimum Gasteiger partial charge on any atom is -0.408 e. The van der Waals surface area contributed by atoms with Gasteiger partial charge >= 0.3 is 11.4 Å². The van der Waals surface area contributed by atoms with Crippen LogP contribution in [0.3, 0.4) is 0 Å². The molecule has 28 heavy (non-hydrogen) atoms. The maximum Gasteiger partial charge on any atom is 0.419 e. The number of aromatic nitrogens is 5. The Morgan fingerprint density at radius 1 is 1.11 bits per heavy atom.